The Labute approximate surface area is 144 Å². The van der Waals surface area contributed by atoms with E-state index in [1.165, 1.54) is 39.4 Å². The number of rotatable bonds is 5. The van der Waals surface area contributed by atoms with Crippen molar-refractivity contribution in [2.24, 2.45) is 0 Å². The average molecular weight is 370 g/mol. The number of nitrogens with one attached hydrogen (secondary N) is 1. The highest BCUT2D eigenvalue weighted by atomic mass is 32.2. The molecule has 1 N–H and O–H groups in total. The number of hydrogen-bond donors (Lipinski definition) is 1. The summed E-state index contributed by atoms with van der Waals surface area (Å²) in [6, 6.07) is 6.76. The van der Waals surface area contributed by atoms with E-state index >= 15 is 0 Å². The van der Waals surface area contributed by atoms with E-state index in [9.17, 15) is 22.0 Å². The van der Waals surface area contributed by atoms with E-state index in [1.54, 1.807) is 0 Å². The summed E-state index contributed by atoms with van der Waals surface area (Å²) >= 11 is 0. The Morgan fingerprint density at radius 1 is 1.08 bits per heavy atom. The first-order valence-electron chi connectivity index (χ1n) is 7.03. The van der Waals surface area contributed by atoms with Gasteiger partial charge in [0, 0.05) is 31.4 Å². The zero-order chi connectivity index (χ0) is 18.8. The topological polar surface area (TPSA) is 75.7 Å². The van der Waals surface area contributed by atoms with Gasteiger partial charge in [-0.25, -0.2) is 21.5 Å². The van der Waals surface area contributed by atoms with Gasteiger partial charge in [0.25, 0.3) is 5.91 Å². The van der Waals surface area contributed by atoms with Gasteiger partial charge in [-0.1, -0.05) is 0 Å². The van der Waals surface area contributed by atoms with Gasteiger partial charge in [-0.05, 0) is 30.3 Å². The van der Waals surface area contributed by atoms with Crippen LogP contribution < -0.4 is 10.1 Å². The maximum absolute atomic E-state index is 13.2. The first kappa shape index (κ1) is 18.8. The van der Waals surface area contributed by atoms with Crippen molar-refractivity contribution in [1.82, 2.24) is 4.31 Å². The van der Waals surface area contributed by atoms with E-state index in [0.29, 0.717) is 0 Å². The lowest BCUT2D eigenvalue weighted by molar-refractivity contribution is 0.102. The predicted molar refractivity (Wildman–Crippen MR) is 88.2 cm³/mol. The standard InChI is InChI=1S/C16H16F2N2O4S/c1-20(2)25(22,23)15-8-10(4-7-14(15)24-3)16(21)19-11-5-6-12(17)13(18)9-11/h4-9H,1-3H3,(H,19,21). The first-order chi connectivity index (χ1) is 11.7. The highest BCUT2D eigenvalue weighted by Gasteiger charge is 2.24. The van der Waals surface area contributed by atoms with Gasteiger partial charge in [-0.15, -0.1) is 0 Å². The molecule has 1 amide bonds. The molecule has 0 fully saturated rings. The summed E-state index contributed by atoms with van der Waals surface area (Å²) < 4.78 is 56.9. The molecule has 0 atom stereocenters. The van der Waals surface area contributed by atoms with Crippen LogP contribution in [0.2, 0.25) is 0 Å². The van der Waals surface area contributed by atoms with Crippen LogP contribution in [-0.4, -0.2) is 39.8 Å². The van der Waals surface area contributed by atoms with Gasteiger partial charge >= 0.3 is 0 Å². The molecule has 0 heterocycles. The molecule has 0 saturated heterocycles. The Kier molecular flexibility index (Phi) is 5.39. The van der Waals surface area contributed by atoms with Crippen LogP contribution in [0.15, 0.2) is 41.3 Å². The second-order valence-electron chi connectivity index (χ2n) is 5.24. The number of ether oxygens (including phenoxy) is 1. The van der Waals surface area contributed by atoms with E-state index in [0.717, 1.165) is 22.5 Å². The van der Waals surface area contributed by atoms with Crippen LogP contribution in [0, 0.1) is 11.6 Å². The van der Waals surface area contributed by atoms with Crippen molar-refractivity contribution >= 4 is 21.6 Å². The molecule has 0 aliphatic rings. The molecule has 25 heavy (non-hydrogen) atoms. The zero-order valence-corrected chi connectivity index (χ0v) is 14.5. The molecule has 0 aromatic heterocycles. The number of halogens is 2. The lowest BCUT2D eigenvalue weighted by atomic mass is 10.2. The minimum Gasteiger partial charge on any atom is -0.495 e. The van der Waals surface area contributed by atoms with Crippen molar-refractivity contribution in [1.29, 1.82) is 0 Å². The van der Waals surface area contributed by atoms with Gasteiger partial charge in [0.2, 0.25) is 10.0 Å². The average Bonchev–Trinajstić information content (AvgIpc) is 2.57. The molecule has 2 aromatic carbocycles. The van der Waals surface area contributed by atoms with E-state index in [-0.39, 0.29) is 21.9 Å². The molecular weight excluding hydrogens is 354 g/mol. The van der Waals surface area contributed by atoms with Crippen molar-refractivity contribution < 1.29 is 26.7 Å². The number of methoxy groups -OCH3 is 1. The van der Waals surface area contributed by atoms with Gasteiger partial charge in [0.1, 0.15) is 10.6 Å². The molecular formula is C16H16F2N2O4S. The summed E-state index contributed by atoms with van der Waals surface area (Å²) in [6.45, 7) is 0. The maximum atomic E-state index is 13.2. The van der Waals surface area contributed by atoms with Gasteiger partial charge in [0.05, 0.1) is 7.11 Å². The van der Waals surface area contributed by atoms with Crippen LogP contribution >= 0.6 is 0 Å². The lowest BCUT2D eigenvalue weighted by Gasteiger charge is -2.15. The third-order valence-corrected chi connectivity index (χ3v) is 5.20. The van der Waals surface area contributed by atoms with Crippen molar-refractivity contribution in [2.75, 3.05) is 26.5 Å². The second-order valence-corrected chi connectivity index (χ2v) is 7.36. The molecule has 0 aliphatic carbocycles. The van der Waals surface area contributed by atoms with Crippen molar-refractivity contribution in [2.45, 2.75) is 4.90 Å². The lowest BCUT2D eigenvalue weighted by Crippen LogP contribution is -2.23. The van der Waals surface area contributed by atoms with Crippen LogP contribution in [0.5, 0.6) is 5.75 Å². The molecule has 0 unspecified atom stereocenters. The normalized spacial score (nSPS) is 11.4. The van der Waals surface area contributed by atoms with Gasteiger partial charge in [-0.3, -0.25) is 4.79 Å². The summed E-state index contributed by atoms with van der Waals surface area (Å²) in [5.41, 5.74) is 0.0580. The van der Waals surface area contributed by atoms with Gasteiger partial charge < -0.3 is 10.1 Å². The molecule has 9 heteroatoms. The number of anilines is 1. The maximum Gasteiger partial charge on any atom is 0.255 e. The van der Waals surface area contributed by atoms with Gasteiger partial charge in [-0.2, -0.15) is 0 Å². The largest absolute Gasteiger partial charge is 0.495 e. The number of hydrogen-bond acceptors (Lipinski definition) is 4. The van der Waals surface area contributed by atoms with Crippen LogP contribution in [0.4, 0.5) is 14.5 Å². The summed E-state index contributed by atoms with van der Waals surface area (Å²) in [7, 11) is 0.168. The minimum atomic E-state index is -3.84. The van der Waals surface area contributed by atoms with Crippen LogP contribution in [0.1, 0.15) is 10.4 Å². The molecule has 0 saturated carbocycles. The van der Waals surface area contributed by atoms with Crippen molar-refractivity contribution in [3.05, 3.63) is 53.6 Å². The summed E-state index contributed by atoms with van der Waals surface area (Å²) in [5.74, 6) is -2.74. The summed E-state index contributed by atoms with van der Waals surface area (Å²) in [5, 5.41) is 2.38. The fraction of sp³-hybridized carbons (Fsp3) is 0.188. The third-order valence-electron chi connectivity index (χ3n) is 3.36. The Morgan fingerprint density at radius 2 is 1.76 bits per heavy atom. The quantitative estimate of drug-likeness (QED) is 0.877. The monoisotopic (exact) mass is 370 g/mol. The highest BCUT2D eigenvalue weighted by Crippen LogP contribution is 2.27. The highest BCUT2D eigenvalue weighted by molar-refractivity contribution is 7.89. The van der Waals surface area contributed by atoms with Crippen molar-refractivity contribution in [3.8, 4) is 5.75 Å². The smallest absolute Gasteiger partial charge is 0.255 e. The molecule has 0 spiro atoms. The van der Waals surface area contributed by atoms with Crippen LogP contribution in [0.3, 0.4) is 0 Å². The summed E-state index contributed by atoms with van der Waals surface area (Å²) in [4.78, 5) is 12.1. The second kappa shape index (κ2) is 7.16. The number of nitrogens with zero attached hydrogens (tertiary/aromatic N) is 1. The van der Waals surface area contributed by atoms with Gasteiger partial charge in [0.15, 0.2) is 11.6 Å². The number of benzene rings is 2. The molecule has 0 aliphatic heterocycles. The summed E-state index contributed by atoms with van der Waals surface area (Å²) in [6.07, 6.45) is 0. The molecule has 0 bridgehead atoms. The first-order valence-corrected chi connectivity index (χ1v) is 8.48. The SMILES string of the molecule is COc1ccc(C(=O)Nc2ccc(F)c(F)c2)cc1S(=O)(=O)N(C)C. The molecule has 2 rings (SSSR count). The van der Waals surface area contributed by atoms with E-state index in [1.807, 2.05) is 0 Å². The van der Waals surface area contributed by atoms with Crippen LogP contribution in [0.25, 0.3) is 0 Å². The number of amides is 1. The molecule has 0 radical (unpaired) electrons. The Balaban J connectivity index is 2.39. The van der Waals surface area contributed by atoms with E-state index < -0.39 is 27.6 Å². The Bertz CT molecular complexity index is 914. The molecule has 134 valence electrons. The van der Waals surface area contributed by atoms with E-state index in [2.05, 4.69) is 5.32 Å². The fourth-order valence-corrected chi connectivity index (χ4v) is 3.07. The number of carbonyl (C=O) groups excluding carboxylic acids is 1. The van der Waals surface area contributed by atoms with E-state index in [4.69, 9.17) is 4.74 Å². The predicted octanol–water partition coefficient (Wildman–Crippen LogP) is 2.48. The zero-order valence-electron chi connectivity index (χ0n) is 13.7. The Hall–Kier alpha value is -2.52. The fourth-order valence-electron chi connectivity index (χ4n) is 1.99. The molecule has 6 nitrogen and oxygen atoms in total. The number of sulfonamides is 1. The number of carbonyl (C=O) groups is 1. The Morgan fingerprint density at radius 3 is 2.32 bits per heavy atom. The molecule has 2 aromatic rings. The van der Waals surface area contributed by atoms with Crippen LogP contribution in [-0.2, 0) is 10.0 Å². The third kappa shape index (κ3) is 3.94. The van der Waals surface area contributed by atoms with Crippen molar-refractivity contribution in [3.63, 3.8) is 0 Å². The minimum absolute atomic E-state index is 0.0194.